The van der Waals surface area contributed by atoms with Gasteiger partial charge in [-0.1, -0.05) is 70.8 Å². The molecule has 0 unspecified atom stereocenters. The molecular formula is C38H31FN6. The summed E-state index contributed by atoms with van der Waals surface area (Å²) >= 11 is 0. The highest BCUT2D eigenvalue weighted by Crippen LogP contribution is 2.34. The van der Waals surface area contributed by atoms with Crippen LogP contribution in [0.5, 0.6) is 0 Å². The molecule has 220 valence electrons. The maximum absolute atomic E-state index is 15.1. The summed E-state index contributed by atoms with van der Waals surface area (Å²) < 4.78 is 17.1. The lowest BCUT2D eigenvalue weighted by atomic mass is 9.91. The van der Waals surface area contributed by atoms with Gasteiger partial charge in [-0.15, -0.1) is 0 Å². The van der Waals surface area contributed by atoms with E-state index >= 15 is 4.39 Å². The first kappa shape index (κ1) is 27.1. The number of fused-ring (bicyclic) bond motifs is 3. The van der Waals surface area contributed by atoms with E-state index in [4.69, 9.17) is 20.0 Å². The number of allylic oxidation sites excluding steroid dienone is 2. The fourth-order valence-corrected chi connectivity index (χ4v) is 6.46. The number of nitrogens with zero attached hydrogens (tertiary/aromatic N) is 6. The molecule has 0 aliphatic carbocycles. The van der Waals surface area contributed by atoms with Gasteiger partial charge in [0.1, 0.15) is 23.3 Å². The van der Waals surface area contributed by atoms with Crippen LogP contribution in [-0.2, 0) is 6.42 Å². The summed E-state index contributed by atoms with van der Waals surface area (Å²) in [7, 11) is 0. The van der Waals surface area contributed by atoms with Gasteiger partial charge in [-0.3, -0.25) is 4.57 Å². The third-order valence-corrected chi connectivity index (χ3v) is 8.65. The molecule has 4 heterocycles. The number of rotatable bonds is 3. The number of aliphatic imine (C=N–C) groups is 4. The summed E-state index contributed by atoms with van der Waals surface area (Å²) in [5.74, 6) is 1.83. The van der Waals surface area contributed by atoms with Crippen LogP contribution in [0.1, 0.15) is 33.4 Å². The zero-order valence-electron chi connectivity index (χ0n) is 25.9. The van der Waals surface area contributed by atoms with Gasteiger partial charge in [0, 0.05) is 29.3 Å². The lowest BCUT2D eigenvalue weighted by Crippen LogP contribution is -2.42. The average Bonchev–Trinajstić information content (AvgIpc) is 3.31. The van der Waals surface area contributed by atoms with Gasteiger partial charge in [0.2, 0.25) is 11.9 Å². The van der Waals surface area contributed by atoms with Crippen molar-refractivity contribution in [2.75, 3.05) is 0 Å². The number of aryl methyl sites for hydroxylation is 5. The highest BCUT2D eigenvalue weighted by molar-refractivity contribution is 6.24. The van der Waals surface area contributed by atoms with Crippen molar-refractivity contribution in [3.05, 3.63) is 130 Å². The van der Waals surface area contributed by atoms with E-state index in [1.807, 2.05) is 4.57 Å². The Balaban J connectivity index is 1.28. The van der Waals surface area contributed by atoms with Crippen molar-refractivity contribution in [3.63, 3.8) is 0 Å². The third kappa shape index (κ3) is 4.54. The van der Waals surface area contributed by atoms with Gasteiger partial charge in [-0.25, -0.2) is 14.3 Å². The minimum atomic E-state index is -0.412. The van der Waals surface area contributed by atoms with Crippen LogP contribution in [0.4, 0.5) is 4.39 Å². The second-order valence-electron chi connectivity index (χ2n) is 12.2. The van der Waals surface area contributed by atoms with Crippen molar-refractivity contribution in [3.8, 4) is 11.1 Å². The van der Waals surface area contributed by atoms with Crippen LogP contribution in [-0.4, -0.2) is 33.1 Å². The number of halogens is 1. The van der Waals surface area contributed by atoms with E-state index in [9.17, 15) is 0 Å². The highest BCUT2D eigenvalue weighted by Gasteiger charge is 2.33. The number of aromatic nitrogens is 1. The van der Waals surface area contributed by atoms with Gasteiger partial charge >= 0.3 is 0 Å². The molecule has 5 aromatic rings. The van der Waals surface area contributed by atoms with Crippen LogP contribution < -0.4 is 0 Å². The Morgan fingerprint density at radius 3 is 1.93 bits per heavy atom. The Morgan fingerprint density at radius 1 is 0.600 bits per heavy atom. The Kier molecular flexibility index (Phi) is 6.07. The molecule has 0 saturated carbocycles. The van der Waals surface area contributed by atoms with E-state index in [-0.39, 0.29) is 0 Å². The van der Waals surface area contributed by atoms with Crippen LogP contribution in [0.25, 0.3) is 32.9 Å². The minimum Gasteiger partial charge on any atom is -0.278 e. The van der Waals surface area contributed by atoms with Crippen LogP contribution in [0, 0.1) is 34.6 Å². The standard InChI is InChI=1S/C38H31FN6/c1-21-6-10-25(5)28(14-21)29-15-22(2)7-11-26(29)18-34-40-35-19-27(39)20-36-42-38(43-37(41-34)45(35)36)44-32-12-8-23(3)16-30(32)31-17-24(4)9-13-33(31)44/h6-17,19-20H,18H2,1-5H3. The molecule has 8 rings (SSSR count). The van der Waals surface area contributed by atoms with Crippen molar-refractivity contribution in [2.24, 2.45) is 20.0 Å². The zero-order valence-corrected chi connectivity index (χ0v) is 25.9. The summed E-state index contributed by atoms with van der Waals surface area (Å²) in [4.78, 5) is 21.4. The molecule has 0 saturated heterocycles. The normalized spacial score (nSPS) is 15.7. The van der Waals surface area contributed by atoms with Gasteiger partial charge < -0.3 is 0 Å². The van der Waals surface area contributed by atoms with E-state index in [1.165, 1.54) is 45.5 Å². The van der Waals surface area contributed by atoms with Crippen LogP contribution in [0.3, 0.4) is 0 Å². The molecule has 0 bridgehead atoms. The largest absolute Gasteiger partial charge is 0.278 e. The number of hydrogen-bond acceptors (Lipinski definition) is 5. The SMILES string of the molecule is Cc1ccc(C)c(-c2cc(C)ccc2CC2=NC3=CC(F)=CC4=NC(n5c6ccc(C)cc6c6cc(C)ccc65)=NC(=N2)N34)c1. The summed E-state index contributed by atoms with van der Waals surface area (Å²) in [5, 5.41) is 2.24. The molecule has 6 nitrogen and oxygen atoms in total. The molecule has 0 fully saturated rings. The predicted molar refractivity (Wildman–Crippen MR) is 183 cm³/mol. The monoisotopic (exact) mass is 590 g/mol. The van der Waals surface area contributed by atoms with E-state index < -0.39 is 5.83 Å². The Bertz CT molecular complexity index is 2250. The van der Waals surface area contributed by atoms with Crippen molar-refractivity contribution < 1.29 is 4.39 Å². The first-order valence-corrected chi connectivity index (χ1v) is 15.1. The summed E-state index contributed by atoms with van der Waals surface area (Å²) in [6.07, 6.45) is 3.30. The molecule has 7 heteroatoms. The lowest BCUT2D eigenvalue weighted by Gasteiger charge is -2.32. The van der Waals surface area contributed by atoms with Crippen molar-refractivity contribution >= 4 is 45.4 Å². The molecule has 0 radical (unpaired) electrons. The van der Waals surface area contributed by atoms with Crippen LogP contribution >= 0.6 is 0 Å². The fourth-order valence-electron chi connectivity index (χ4n) is 6.46. The predicted octanol–water partition coefficient (Wildman–Crippen LogP) is 8.64. The molecule has 0 N–H and O–H groups in total. The van der Waals surface area contributed by atoms with Gasteiger partial charge in [0.15, 0.2) is 0 Å². The maximum Gasteiger partial charge on any atom is 0.242 e. The van der Waals surface area contributed by atoms with Gasteiger partial charge in [0.05, 0.1) is 11.0 Å². The van der Waals surface area contributed by atoms with E-state index in [0.717, 1.165) is 32.9 Å². The smallest absolute Gasteiger partial charge is 0.242 e. The van der Waals surface area contributed by atoms with Gasteiger partial charge in [-0.05, 0) is 81.1 Å². The zero-order chi connectivity index (χ0) is 31.0. The van der Waals surface area contributed by atoms with E-state index in [2.05, 4.69) is 107 Å². The molecule has 3 aliphatic rings. The minimum absolute atomic E-state index is 0.400. The summed E-state index contributed by atoms with van der Waals surface area (Å²) in [6, 6.07) is 25.7. The van der Waals surface area contributed by atoms with Crippen molar-refractivity contribution in [1.82, 2.24) is 9.47 Å². The number of hydrogen-bond donors (Lipinski definition) is 0. The van der Waals surface area contributed by atoms with Crippen LogP contribution in [0.15, 0.2) is 117 Å². The molecule has 4 aromatic carbocycles. The second kappa shape index (κ2) is 10.1. The summed E-state index contributed by atoms with van der Waals surface area (Å²) in [5.41, 5.74) is 11.3. The topological polar surface area (TPSA) is 57.6 Å². The Hall–Kier alpha value is -5.43. The molecule has 3 aliphatic heterocycles. The second-order valence-corrected chi connectivity index (χ2v) is 12.2. The van der Waals surface area contributed by atoms with Gasteiger partial charge in [-0.2, -0.15) is 15.0 Å². The average molecular weight is 591 g/mol. The molecule has 0 amide bonds. The van der Waals surface area contributed by atoms with Crippen molar-refractivity contribution in [2.45, 2.75) is 41.0 Å². The summed E-state index contributed by atoms with van der Waals surface area (Å²) in [6.45, 7) is 10.5. The van der Waals surface area contributed by atoms with E-state index in [0.29, 0.717) is 35.8 Å². The maximum atomic E-state index is 15.1. The quantitative estimate of drug-likeness (QED) is 0.208. The lowest BCUT2D eigenvalue weighted by molar-refractivity contribution is 0.630. The molecule has 0 spiro atoms. The number of guanidine groups is 1. The highest BCUT2D eigenvalue weighted by atomic mass is 19.1. The molecule has 45 heavy (non-hydrogen) atoms. The number of amidine groups is 2. The molecular weight excluding hydrogens is 559 g/mol. The first-order chi connectivity index (χ1) is 21.7. The fraction of sp³-hybridized carbons (Fsp3) is 0.158. The first-order valence-electron chi connectivity index (χ1n) is 15.1. The molecule has 0 atom stereocenters. The number of benzene rings is 4. The van der Waals surface area contributed by atoms with Crippen molar-refractivity contribution in [1.29, 1.82) is 0 Å². The van der Waals surface area contributed by atoms with Crippen LogP contribution in [0.2, 0.25) is 0 Å². The van der Waals surface area contributed by atoms with Gasteiger partial charge in [0.25, 0.3) is 0 Å². The molecule has 1 aromatic heterocycles. The Morgan fingerprint density at radius 2 is 1.22 bits per heavy atom. The third-order valence-electron chi connectivity index (χ3n) is 8.65. The van der Waals surface area contributed by atoms with E-state index in [1.54, 1.807) is 4.90 Å². The Labute approximate surface area is 261 Å².